The molecule has 0 bridgehead atoms. The summed E-state index contributed by atoms with van der Waals surface area (Å²) in [5.41, 5.74) is 3.26. The van der Waals surface area contributed by atoms with Gasteiger partial charge < -0.3 is 10.2 Å². The molecule has 23 heavy (non-hydrogen) atoms. The first kappa shape index (κ1) is 17.5. The minimum atomic E-state index is 0.103. The predicted octanol–water partition coefficient (Wildman–Crippen LogP) is 4.61. The van der Waals surface area contributed by atoms with Crippen LogP contribution in [0.1, 0.15) is 25.0 Å². The number of rotatable bonds is 6. The number of carbonyl (C=O) groups is 1. The topological polar surface area (TPSA) is 32.3 Å². The van der Waals surface area contributed by atoms with Crippen LogP contribution in [0, 0.1) is 6.92 Å². The van der Waals surface area contributed by atoms with Gasteiger partial charge in [0.05, 0.1) is 6.54 Å². The number of amides is 1. The van der Waals surface area contributed by atoms with Crippen LogP contribution in [0.2, 0.25) is 0 Å². The fourth-order valence-electron chi connectivity index (χ4n) is 2.44. The van der Waals surface area contributed by atoms with Crippen LogP contribution in [0.25, 0.3) is 0 Å². The molecule has 1 amide bonds. The molecular weight excluding hydrogens is 352 g/mol. The quantitative estimate of drug-likeness (QED) is 0.800. The molecule has 0 fully saturated rings. The summed E-state index contributed by atoms with van der Waals surface area (Å²) in [6.45, 7) is 7.06. The highest BCUT2D eigenvalue weighted by atomic mass is 79.9. The highest BCUT2D eigenvalue weighted by Crippen LogP contribution is 2.20. The lowest BCUT2D eigenvalue weighted by molar-refractivity contribution is -0.131. The number of carbonyl (C=O) groups excluding carboxylic acids is 1. The largest absolute Gasteiger partial charge is 0.376 e. The van der Waals surface area contributed by atoms with Crippen molar-refractivity contribution < 1.29 is 4.79 Å². The smallest absolute Gasteiger partial charge is 0.242 e. The monoisotopic (exact) mass is 374 g/mol. The van der Waals surface area contributed by atoms with E-state index >= 15 is 0 Å². The fraction of sp³-hybridized carbons (Fsp3) is 0.316. The van der Waals surface area contributed by atoms with Crippen molar-refractivity contribution in [3.8, 4) is 0 Å². The summed E-state index contributed by atoms with van der Waals surface area (Å²) in [5, 5.41) is 3.25. The number of anilines is 1. The Kier molecular flexibility index (Phi) is 6.22. The van der Waals surface area contributed by atoms with Gasteiger partial charge in [-0.1, -0.05) is 46.3 Å². The Morgan fingerprint density at radius 3 is 2.48 bits per heavy atom. The van der Waals surface area contributed by atoms with E-state index in [9.17, 15) is 4.79 Å². The van der Waals surface area contributed by atoms with Crippen molar-refractivity contribution in [1.82, 2.24) is 4.90 Å². The first-order valence-electron chi connectivity index (χ1n) is 7.81. The number of benzene rings is 2. The van der Waals surface area contributed by atoms with Crippen LogP contribution in [0.5, 0.6) is 0 Å². The van der Waals surface area contributed by atoms with Crippen molar-refractivity contribution in [2.45, 2.75) is 33.4 Å². The maximum atomic E-state index is 12.6. The van der Waals surface area contributed by atoms with Crippen LogP contribution < -0.4 is 5.32 Å². The molecule has 122 valence electrons. The van der Waals surface area contributed by atoms with Crippen LogP contribution in [0.4, 0.5) is 5.69 Å². The predicted molar refractivity (Wildman–Crippen MR) is 99.5 cm³/mol. The van der Waals surface area contributed by atoms with E-state index in [-0.39, 0.29) is 11.9 Å². The Balaban J connectivity index is 2.01. The lowest BCUT2D eigenvalue weighted by atomic mass is 10.2. The van der Waals surface area contributed by atoms with Gasteiger partial charge in [-0.3, -0.25) is 4.79 Å². The highest BCUT2D eigenvalue weighted by molar-refractivity contribution is 9.10. The molecule has 0 unspecified atom stereocenters. The summed E-state index contributed by atoms with van der Waals surface area (Å²) in [4.78, 5) is 14.5. The lowest BCUT2D eigenvalue weighted by Gasteiger charge is -2.27. The third-order valence-corrected chi connectivity index (χ3v) is 4.25. The molecule has 2 aromatic carbocycles. The molecule has 0 heterocycles. The first-order valence-corrected chi connectivity index (χ1v) is 8.60. The van der Waals surface area contributed by atoms with E-state index in [4.69, 9.17) is 0 Å². The average Bonchev–Trinajstić information content (AvgIpc) is 2.52. The molecule has 0 aliphatic carbocycles. The zero-order valence-corrected chi connectivity index (χ0v) is 15.4. The molecule has 0 spiro atoms. The van der Waals surface area contributed by atoms with Crippen molar-refractivity contribution >= 4 is 27.5 Å². The summed E-state index contributed by atoms with van der Waals surface area (Å²) in [7, 11) is 0. The Hall–Kier alpha value is -1.81. The molecular formula is C19H23BrN2O. The summed E-state index contributed by atoms with van der Waals surface area (Å²) in [5.74, 6) is 0.103. The number of hydrogen-bond acceptors (Lipinski definition) is 2. The fourth-order valence-corrected chi connectivity index (χ4v) is 2.91. The summed E-state index contributed by atoms with van der Waals surface area (Å²) < 4.78 is 1.04. The Morgan fingerprint density at radius 2 is 1.87 bits per heavy atom. The molecule has 0 aliphatic rings. The molecule has 2 rings (SSSR count). The third-order valence-electron chi connectivity index (χ3n) is 3.76. The van der Waals surface area contributed by atoms with Gasteiger partial charge in [-0.25, -0.2) is 0 Å². The van der Waals surface area contributed by atoms with Gasteiger partial charge in [-0.15, -0.1) is 0 Å². The zero-order valence-electron chi connectivity index (χ0n) is 13.8. The Morgan fingerprint density at radius 1 is 1.17 bits per heavy atom. The zero-order chi connectivity index (χ0) is 16.8. The SMILES string of the molecule is Cc1cc(Br)ccc1NCC(=O)N(Cc1ccccc1)C(C)C. The van der Waals surface area contributed by atoms with Gasteiger partial charge in [0.1, 0.15) is 0 Å². The van der Waals surface area contributed by atoms with E-state index < -0.39 is 0 Å². The maximum absolute atomic E-state index is 12.6. The van der Waals surface area contributed by atoms with Crippen molar-refractivity contribution in [3.05, 3.63) is 64.1 Å². The number of hydrogen-bond donors (Lipinski definition) is 1. The second kappa shape index (κ2) is 8.16. The minimum Gasteiger partial charge on any atom is -0.376 e. The summed E-state index contributed by atoms with van der Waals surface area (Å²) in [6, 6.07) is 16.3. The molecule has 0 saturated heterocycles. The van der Waals surface area contributed by atoms with Crippen LogP contribution in [-0.2, 0) is 11.3 Å². The molecule has 4 heteroatoms. The molecule has 3 nitrogen and oxygen atoms in total. The van der Waals surface area contributed by atoms with Crippen molar-refractivity contribution in [2.75, 3.05) is 11.9 Å². The molecule has 1 N–H and O–H groups in total. The average molecular weight is 375 g/mol. The molecule has 2 aromatic rings. The van der Waals surface area contributed by atoms with Crippen LogP contribution in [0.3, 0.4) is 0 Å². The van der Waals surface area contributed by atoms with E-state index in [2.05, 4.69) is 33.4 Å². The molecule has 0 aromatic heterocycles. The second-order valence-electron chi connectivity index (χ2n) is 5.91. The van der Waals surface area contributed by atoms with E-state index in [1.54, 1.807) is 0 Å². The van der Waals surface area contributed by atoms with Crippen molar-refractivity contribution in [3.63, 3.8) is 0 Å². The van der Waals surface area contributed by atoms with Crippen molar-refractivity contribution in [2.24, 2.45) is 0 Å². The minimum absolute atomic E-state index is 0.103. The standard InChI is InChI=1S/C19H23BrN2O/c1-14(2)22(13-16-7-5-4-6-8-16)19(23)12-21-18-10-9-17(20)11-15(18)3/h4-11,14,21H,12-13H2,1-3H3. The number of aryl methyl sites for hydroxylation is 1. The molecule has 0 saturated carbocycles. The normalized spacial score (nSPS) is 10.7. The van der Waals surface area contributed by atoms with Gasteiger partial charge in [0.15, 0.2) is 0 Å². The van der Waals surface area contributed by atoms with E-state index in [1.165, 1.54) is 0 Å². The van der Waals surface area contributed by atoms with Gasteiger partial charge in [-0.05, 0) is 50.1 Å². The van der Waals surface area contributed by atoms with Crippen molar-refractivity contribution in [1.29, 1.82) is 0 Å². The first-order chi connectivity index (χ1) is 11.0. The van der Waals surface area contributed by atoms with Gasteiger partial charge in [0, 0.05) is 22.7 Å². The summed E-state index contributed by atoms with van der Waals surface area (Å²) in [6.07, 6.45) is 0. The lowest BCUT2D eigenvalue weighted by Crippen LogP contribution is -2.39. The Bertz CT molecular complexity index is 656. The van der Waals surface area contributed by atoms with E-state index in [1.807, 2.05) is 62.1 Å². The Labute approximate surface area is 146 Å². The summed E-state index contributed by atoms with van der Waals surface area (Å²) >= 11 is 3.45. The maximum Gasteiger partial charge on any atom is 0.242 e. The van der Waals surface area contributed by atoms with E-state index in [0.717, 1.165) is 21.3 Å². The highest BCUT2D eigenvalue weighted by Gasteiger charge is 2.17. The van der Waals surface area contributed by atoms with Gasteiger partial charge in [0.25, 0.3) is 0 Å². The second-order valence-corrected chi connectivity index (χ2v) is 6.83. The molecule has 0 aliphatic heterocycles. The number of halogens is 1. The molecule has 0 radical (unpaired) electrons. The van der Waals surface area contributed by atoms with Crippen LogP contribution >= 0.6 is 15.9 Å². The van der Waals surface area contributed by atoms with Gasteiger partial charge in [-0.2, -0.15) is 0 Å². The molecule has 0 atom stereocenters. The third kappa shape index (κ3) is 5.10. The van der Waals surface area contributed by atoms with Crippen LogP contribution in [0.15, 0.2) is 53.0 Å². The number of nitrogens with zero attached hydrogens (tertiary/aromatic N) is 1. The van der Waals surface area contributed by atoms with Gasteiger partial charge in [0.2, 0.25) is 5.91 Å². The van der Waals surface area contributed by atoms with Crippen LogP contribution in [-0.4, -0.2) is 23.4 Å². The van der Waals surface area contributed by atoms with Gasteiger partial charge >= 0.3 is 0 Å². The van der Waals surface area contributed by atoms with E-state index in [0.29, 0.717) is 13.1 Å². The number of nitrogens with one attached hydrogen (secondary N) is 1.